The minimum Gasteiger partial charge on any atom is -0.449 e. The number of benzene rings is 1. The number of sulfone groups is 1. The molecule has 0 spiro atoms. The molecule has 2 aliphatic heterocycles. The number of carbonyl (C=O) groups excluding carboxylic acids is 2. The van der Waals surface area contributed by atoms with Gasteiger partial charge in [0.05, 0.1) is 22.0 Å². The Morgan fingerprint density at radius 2 is 1.97 bits per heavy atom. The summed E-state index contributed by atoms with van der Waals surface area (Å²) in [5, 5.41) is 11.6. The second kappa shape index (κ2) is 9.85. The topological polar surface area (TPSA) is 127 Å². The Kier molecular flexibility index (Phi) is 7.37. The van der Waals surface area contributed by atoms with Crippen LogP contribution in [0.3, 0.4) is 0 Å². The van der Waals surface area contributed by atoms with E-state index >= 15 is 0 Å². The number of rotatable bonds is 7. The predicted octanol–water partition coefficient (Wildman–Crippen LogP) is 2.17. The molecule has 10 nitrogen and oxygen atoms in total. The Morgan fingerprint density at radius 1 is 1.28 bits per heavy atom. The molecule has 0 N–H and O–H groups in total. The first-order chi connectivity index (χ1) is 15.1. The highest BCUT2D eigenvalue weighted by atomic mass is 32.2. The maximum atomic E-state index is 12.8. The first kappa shape index (κ1) is 24.0. The minimum absolute atomic E-state index is 0.0106. The molecule has 0 aliphatic carbocycles. The lowest BCUT2D eigenvalue weighted by Gasteiger charge is -2.29. The molecule has 0 unspecified atom stereocenters. The van der Waals surface area contributed by atoms with Crippen LogP contribution in [0.1, 0.15) is 49.9 Å². The molecule has 11 heteroatoms. The molecule has 2 aliphatic rings. The van der Waals surface area contributed by atoms with Crippen LogP contribution in [0, 0.1) is 10.1 Å². The lowest BCUT2D eigenvalue weighted by atomic mass is 10.1. The highest BCUT2D eigenvalue weighted by Crippen LogP contribution is 2.31. The lowest BCUT2D eigenvalue weighted by molar-refractivity contribution is -0.384. The standard InChI is InChI=1S/C21H29N3O7S/c1-3-23(17-9-12-32(29,30)14-17)20(25)15(2)31-21(26)16-7-8-18(19(13-16)24(27)28)22-10-5-4-6-11-22/h7-8,13,15,17H,3-6,9-12,14H2,1-2H3/t15-,17+/m0/s1. The zero-order valence-corrected chi connectivity index (χ0v) is 19.2. The summed E-state index contributed by atoms with van der Waals surface area (Å²) >= 11 is 0. The van der Waals surface area contributed by atoms with Crippen molar-refractivity contribution in [1.29, 1.82) is 0 Å². The molecule has 1 aromatic rings. The molecular formula is C21H29N3O7S. The number of amides is 1. The van der Waals surface area contributed by atoms with Crippen molar-refractivity contribution in [3.63, 3.8) is 0 Å². The normalized spacial score (nSPS) is 21.1. The Bertz CT molecular complexity index is 989. The number of ether oxygens (including phenoxy) is 1. The van der Waals surface area contributed by atoms with E-state index in [2.05, 4.69) is 0 Å². The SMILES string of the molecule is CCN(C(=O)[C@H](C)OC(=O)c1ccc(N2CCCCC2)c([N+](=O)[O-])c1)[C@@H]1CCS(=O)(=O)C1. The molecule has 3 rings (SSSR count). The number of hydrogen-bond donors (Lipinski definition) is 0. The Morgan fingerprint density at radius 3 is 2.53 bits per heavy atom. The average molecular weight is 468 g/mol. The van der Waals surface area contributed by atoms with E-state index in [0.717, 1.165) is 32.4 Å². The van der Waals surface area contributed by atoms with Gasteiger partial charge in [0, 0.05) is 31.7 Å². The van der Waals surface area contributed by atoms with Crippen LogP contribution in [0.15, 0.2) is 18.2 Å². The molecule has 176 valence electrons. The highest BCUT2D eigenvalue weighted by Gasteiger charge is 2.36. The minimum atomic E-state index is -3.17. The van der Waals surface area contributed by atoms with Crippen molar-refractivity contribution in [3.05, 3.63) is 33.9 Å². The van der Waals surface area contributed by atoms with Crippen molar-refractivity contribution in [3.8, 4) is 0 Å². The number of anilines is 1. The third kappa shape index (κ3) is 5.37. The second-order valence-corrected chi connectivity index (χ2v) is 10.5. The molecule has 1 amide bonds. The summed E-state index contributed by atoms with van der Waals surface area (Å²) in [6, 6.07) is 3.76. The van der Waals surface area contributed by atoms with Crippen LogP contribution in [0.25, 0.3) is 0 Å². The van der Waals surface area contributed by atoms with Crippen molar-refractivity contribution >= 4 is 33.1 Å². The Labute approximate surface area is 187 Å². The molecule has 2 saturated heterocycles. The fourth-order valence-corrected chi connectivity index (χ4v) is 6.06. The van der Waals surface area contributed by atoms with Crippen LogP contribution in [0.5, 0.6) is 0 Å². The summed E-state index contributed by atoms with van der Waals surface area (Å²) < 4.78 is 28.8. The van der Waals surface area contributed by atoms with E-state index in [1.807, 2.05) is 4.90 Å². The quantitative estimate of drug-likeness (QED) is 0.339. The molecule has 32 heavy (non-hydrogen) atoms. The van der Waals surface area contributed by atoms with Gasteiger partial charge in [0.1, 0.15) is 5.69 Å². The fraction of sp³-hybridized carbons (Fsp3) is 0.619. The number of nitro groups is 1. The molecule has 0 saturated carbocycles. The summed E-state index contributed by atoms with van der Waals surface area (Å²) in [5.41, 5.74) is 0.283. The Balaban J connectivity index is 1.72. The van der Waals surface area contributed by atoms with Gasteiger partial charge in [0.25, 0.3) is 11.6 Å². The summed E-state index contributed by atoms with van der Waals surface area (Å²) in [5.74, 6) is -1.39. The van der Waals surface area contributed by atoms with Crippen molar-refractivity contribution in [2.24, 2.45) is 0 Å². The number of esters is 1. The van der Waals surface area contributed by atoms with Crippen molar-refractivity contribution < 1.29 is 27.7 Å². The molecule has 2 atom stereocenters. The maximum absolute atomic E-state index is 12.8. The van der Waals surface area contributed by atoms with Crippen LogP contribution in [0.4, 0.5) is 11.4 Å². The maximum Gasteiger partial charge on any atom is 0.339 e. The first-order valence-corrected chi connectivity index (χ1v) is 12.7. The fourth-order valence-electron chi connectivity index (χ4n) is 4.33. The van der Waals surface area contributed by atoms with E-state index in [-0.39, 0.29) is 29.3 Å². The average Bonchev–Trinajstić information content (AvgIpc) is 3.13. The van der Waals surface area contributed by atoms with Gasteiger partial charge in [-0.15, -0.1) is 0 Å². The van der Waals surface area contributed by atoms with Crippen molar-refractivity contribution in [2.45, 2.75) is 51.7 Å². The van der Waals surface area contributed by atoms with Crippen LogP contribution >= 0.6 is 0 Å². The van der Waals surface area contributed by atoms with E-state index < -0.39 is 38.8 Å². The lowest BCUT2D eigenvalue weighted by Crippen LogP contribution is -2.46. The molecular weight excluding hydrogens is 438 g/mol. The predicted molar refractivity (Wildman–Crippen MR) is 118 cm³/mol. The van der Waals surface area contributed by atoms with E-state index in [1.165, 1.54) is 24.0 Å². The van der Waals surface area contributed by atoms with Gasteiger partial charge >= 0.3 is 5.97 Å². The third-order valence-electron chi connectivity index (χ3n) is 6.01. The largest absolute Gasteiger partial charge is 0.449 e. The van der Waals surface area contributed by atoms with Gasteiger partial charge < -0.3 is 14.5 Å². The monoisotopic (exact) mass is 467 g/mol. The van der Waals surface area contributed by atoms with E-state index in [9.17, 15) is 28.1 Å². The summed E-state index contributed by atoms with van der Waals surface area (Å²) in [7, 11) is -3.17. The molecule has 0 bridgehead atoms. The Hall–Kier alpha value is -2.69. The van der Waals surface area contributed by atoms with E-state index in [1.54, 1.807) is 13.0 Å². The molecule has 0 aromatic heterocycles. The van der Waals surface area contributed by atoms with Crippen molar-refractivity contribution in [2.75, 3.05) is 36.0 Å². The number of nitrogens with zero attached hydrogens (tertiary/aromatic N) is 3. The second-order valence-electron chi connectivity index (χ2n) is 8.24. The van der Waals surface area contributed by atoms with Crippen LogP contribution in [0.2, 0.25) is 0 Å². The van der Waals surface area contributed by atoms with E-state index in [0.29, 0.717) is 12.1 Å². The van der Waals surface area contributed by atoms with Gasteiger partial charge in [-0.1, -0.05) is 0 Å². The molecule has 2 heterocycles. The summed E-state index contributed by atoms with van der Waals surface area (Å²) in [6.07, 6.45) is 2.20. The smallest absolute Gasteiger partial charge is 0.339 e. The molecule has 1 aromatic carbocycles. The number of piperidine rings is 1. The number of nitro benzene ring substituents is 1. The zero-order valence-electron chi connectivity index (χ0n) is 18.4. The van der Waals surface area contributed by atoms with Gasteiger partial charge in [-0.3, -0.25) is 14.9 Å². The van der Waals surface area contributed by atoms with Crippen LogP contribution in [-0.4, -0.2) is 73.4 Å². The third-order valence-corrected chi connectivity index (χ3v) is 7.76. The molecule has 0 radical (unpaired) electrons. The molecule has 2 fully saturated rings. The first-order valence-electron chi connectivity index (χ1n) is 10.9. The van der Waals surface area contributed by atoms with Gasteiger partial charge in [-0.05, 0) is 51.7 Å². The summed E-state index contributed by atoms with van der Waals surface area (Å²) in [6.45, 7) is 4.89. The van der Waals surface area contributed by atoms with Crippen LogP contribution in [-0.2, 0) is 19.4 Å². The summed E-state index contributed by atoms with van der Waals surface area (Å²) in [4.78, 5) is 39.9. The van der Waals surface area contributed by atoms with Gasteiger partial charge in [-0.2, -0.15) is 0 Å². The number of hydrogen-bond acceptors (Lipinski definition) is 8. The van der Waals surface area contributed by atoms with Gasteiger partial charge in [0.15, 0.2) is 15.9 Å². The van der Waals surface area contributed by atoms with Crippen LogP contribution < -0.4 is 4.90 Å². The number of likely N-dealkylation sites (N-methyl/N-ethyl adjacent to an activating group) is 1. The van der Waals surface area contributed by atoms with E-state index in [4.69, 9.17) is 4.74 Å². The van der Waals surface area contributed by atoms with Gasteiger partial charge in [0.2, 0.25) is 0 Å². The number of carbonyl (C=O) groups is 2. The van der Waals surface area contributed by atoms with Gasteiger partial charge in [-0.25, -0.2) is 13.2 Å². The zero-order chi connectivity index (χ0) is 23.5. The highest BCUT2D eigenvalue weighted by molar-refractivity contribution is 7.91. The van der Waals surface area contributed by atoms with Crippen molar-refractivity contribution in [1.82, 2.24) is 4.90 Å².